The Bertz CT molecular complexity index is 671. The van der Waals surface area contributed by atoms with Crippen molar-refractivity contribution in [2.45, 2.75) is 39.0 Å². The Balaban J connectivity index is 2.23. The Morgan fingerprint density at radius 2 is 1.75 bits per heavy atom. The summed E-state index contributed by atoms with van der Waals surface area (Å²) in [6.45, 7) is 9.06. The summed E-state index contributed by atoms with van der Waals surface area (Å²) < 4.78 is 1.15. The van der Waals surface area contributed by atoms with Crippen molar-refractivity contribution in [2.75, 3.05) is 4.43 Å². The topological polar surface area (TPSA) is 0 Å². The van der Waals surface area contributed by atoms with E-state index in [0.29, 0.717) is 5.92 Å². The Kier molecular flexibility index (Phi) is 3.44. The third-order valence-electron chi connectivity index (χ3n) is 5.19. The zero-order valence-corrected chi connectivity index (χ0v) is 14.8. The molecular formula is C19H21I. The summed E-state index contributed by atoms with van der Waals surface area (Å²) in [5, 5.41) is 0. The number of alkyl halides is 1. The second-order valence-electron chi connectivity index (χ2n) is 6.16. The van der Waals surface area contributed by atoms with Crippen LogP contribution in [0.15, 0.2) is 36.4 Å². The number of benzene rings is 2. The van der Waals surface area contributed by atoms with E-state index in [4.69, 9.17) is 0 Å². The Morgan fingerprint density at radius 3 is 2.40 bits per heavy atom. The smallest absolute Gasteiger partial charge is 0.0363 e. The lowest BCUT2D eigenvalue weighted by molar-refractivity contribution is 0.415. The maximum absolute atomic E-state index is 2.57. The molecule has 2 aromatic carbocycles. The number of hydrogen-bond donors (Lipinski definition) is 0. The maximum Gasteiger partial charge on any atom is 0.0363 e. The molecular weight excluding hydrogens is 355 g/mol. The van der Waals surface area contributed by atoms with E-state index in [-0.39, 0.29) is 5.41 Å². The van der Waals surface area contributed by atoms with Crippen LogP contribution in [-0.2, 0) is 5.41 Å². The van der Waals surface area contributed by atoms with Gasteiger partial charge in [-0.2, -0.15) is 0 Å². The van der Waals surface area contributed by atoms with Gasteiger partial charge < -0.3 is 0 Å². The van der Waals surface area contributed by atoms with E-state index in [1.807, 2.05) is 0 Å². The van der Waals surface area contributed by atoms with E-state index in [1.54, 1.807) is 11.1 Å². The first-order chi connectivity index (χ1) is 9.52. The van der Waals surface area contributed by atoms with Gasteiger partial charge in [0.1, 0.15) is 0 Å². The summed E-state index contributed by atoms with van der Waals surface area (Å²) in [7, 11) is 0. The summed E-state index contributed by atoms with van der Waals surface area (Å²) >= 11 is 2.57. The van der Waals surface area contributed by atoms with Crippen LogP contribution in [0.5, 0.6) is 0 Å². The van der Waals surface area contributed by atoms with Gasteiger partial charge in [0.2, 0.25) is 0 Å². The highest BCUT2D eigenvalue weighted by molar-refractivity contribution is 14.1. The molecule has 0 bridgehead atoms. The lowest BCUT2D eigenvalue weighted by Gasteiger charge is -2.51. The molecule has 0 spiro atoms. The van der Waals surface area contributed by atoms with Crippen LogP contribution in [0.3, 0.4) is 0 Å². The van der Waals surface area contributed by atoms with Crippen molar-refractivity contribution in [2.24, 2.45) is 0 Å². The minimum atomic E-state index is 0.208. The Hall–Kier alpha value is -0.830. The van der Waals surface area contributed by atoms with E-state index in [1.165, 1.54) is 22.3 Å². The molecule has 2 atom stereocenters. The molecule has 0 nitrogen and oxygen atoms in total. The third-order valence-corrected chi connectivity index (χ3v) is 6.39. The summed E-state index contributed by atoms with van der Waals surface area (Å²) in [6.07, 6.45) is 0. The van der Waals surface area contributed by atoms with Crippen molar-refractivity contribution in [1.29, 1.82) is 0 Å². The highest BCUT2D eigenvalue weighted by Crippen LogP contribution is 2.57. The quantitative estimate of drug-likeness (QED) is 0.483. The molecule has 3 rings (SSSR count). The minimum absolute atomic E-state index is 0.208. The molecule has 0 fully saturated rings. The maximum atomic E-state index is 2.57. The standard InChI is InChI=1S/C19H21I/c1-12-8-9-16(10-14(12)3)19(11-20)15(4)17-7-5-6-13(2)18(17)19/h5-10,15H,11H2,1-4H3. The van der Waals surface area contributed by atoms with Gasteiger partial charge >= 0.3 is 0 Å². The minimum Gasteiger partial charge on any atom is -0.0850 e. The molecule has 0 N–H and O–H groups in total. The molecule has 0 saturated heterocycles. The second kappa shape index (κ2) is 4.87. The molecule has 0 aromatic heterocycles. The summed E-state index contributed by atoms with van der Waals surface area (Å²) in [5.74, 6) is 0.608. The highest BCUT2D eigenvalue weighted by Gasteiger charge is 2.50. The molecule has 1 aliphatic rings. The first kappa shape index (κ1) is 14.1. The van der Waals surface area contributed by atoms with Crippen molar-refractivity contribution < 1.29 is 0 Å². The van der Waals surface area contributed by atoms with E-state index in [2.05, 4.69) is 86.7 Å². The van der Waals surface area contributed by atoms with Crippen LogP contribution < -0.4 is 0 Å². The average Bonchev–Trinajstić information content (AvgIpc) is 2.44. The van der Waals surface area contributed by atoms with Gasteiger partial charge in [0.25, 0.3) is 0 Å². The van der Waals surface area contributed by atoms with E-state index in [9.17, 15) is 0 Å². The van der Waals surface area contributed by atoms with Crippen LogP contribution in [-0.4, -0.2) is 4.43 Å². The molecule has 2 aromatic rings. The number of halogens is 1. The number of fused-ring (bicyclic) bond motifs is 1. The van der Waals surface area contributed by atoms with Crippen LogP contribution in [0.1, 0.15) is 46.2 Å². The lowest BCUT2D eigenvalue weighted by atomic mass is 9.53. The predicted molar refractivity (Wildman–Crippen MR) is 95.2 cm³/mol. The molecule has 0 saturated carbocycles. The zero-order valence-electron chi connectivity index (χ0n) is 12.6. The predicted octanol–water partition coefficient (Wildman–Crippen LogP) is 5.45. The van der Waals surface area contributed by atoms with Gasteiger partial charge in [0.05, 0.1) is 0 Å². The van der Waals surface area contributed by atoms with Gasteiger partial charge in [-0.15, -0.1) is 0 Å². The van der Waals surface area contributed by atoms with E-state index < -0.39 is 0 Å². The largest absolute Gasteiger partial charge is 0.0850 e. The molecule has 1 heteroatoms. The number of aryl methyl sites for hydroxylation is 3. The molecule has 0 amide bonds. The Morgan fingerprint density at radius 1 is 1.00 bits per heavy atom. The monoisotopic (exact) mass is 376 g/mol. The van der Waals surface area contributed by atoms with Crippen LogP contribution >= 0.6 is 22.6 Å². The summed E-state index contributed by atoms with van der Waals surface area (Å²) in [4.78, 5) is 0. The first-order valence-corrected chi connectivity index (χ1v) is 8.78. The zero-order chi connectivity index (χ0) is 14.5. The first-order valence-electron chi connectivity index (χ1n) is 7.26. The van der Waals surface area contributed by atoms with Gasteiger partial charge in [-0.05, 0) is 60.1 Å². The fourth-order valence-corrected chi connectivity index (χ4v) is 5.22. The summed E-state index contributed by atoms with van der Waals surface area (Å²) in [6, 6.07) is 13.8. The normalized spacial score (nSPS) is 24.1. The SMILES string of the molecule is Cc1ccc(C2(CI)c3c(C)cccc3C2C)cc1C. The van der Waals surface area contributed by atoms with Gasteiger partial charge in [0.15, 0.2) is 0 Å². The number of rotatable bonds is 2. The van der Waals surface area contributed by atoms with Crippen molar-refractivity contribution in [3.8, 4) is 0 Å². The molecule has 104 valence electrons. The van der Waals surface area contributed by atoms with Crippen LogP contribution in [0.4, 0.5) is 0 Å². The van der Waals surface area contributed by atoms with Gasteiger partial charge in [0, 0.05) is 9.84 Å². The second-order valence-corrected chi connectivity index (χ2v) is 6.93. The molecule has 0 radical (unpaired) electrons. The molecule has 2 unspecified atom stereocenters. The average molecular weight is 376 g/mol. The van der Waals surface area contributed by atoms with E-state index in [0.717, 1.165) is 4.43 Å². The summed E-state index contributed by atoms with van der Waals surface area (Å²) in [5.41, 5.74) is 9.04. The molecule has 20 heavy (non-hydrogen) atoms. The van der Waals surface area contributed by atoms with Crippen molar-refractivity contribution >= 4 is 22.6 Å². The van der Waals surface area contributed by atoms with Crippen LogP contribution in [0.2, 0.25) is 0 Å². The highest BCUT2D eigenvalue weighted by atomic mass is 127. The van der Waals surface area contributed by atoms with Gasteiger partial charge in [-0.1, -0.05) is 65.9 Å². The third kappa shape index (κ3) is 1.71. The van der Waals surface area contributed by atoms with Crippen LogP contribution in [0, 0.1) is 20.8 Å². The Labute approximate surface area is 135 Å². The van der Waals surface area contributed by atoms with Gasteiger partial charge in [-0.25, -0.2) is 0 Å². The lowest BCUT2D eigenvalue weighted by Crippen LogP contribution is -2.45. The van der Waals surface area contributed by atoms with Crippen LogP contribution in [0.25, 0.3) is 0 Å². The fraction of sp³-hybridized carbons (Fsp3) is 0.368. The van der Waals surface area contributed by atoms with Crippen molar-refractivity contribution in [3.63, 3.8) is 0 Å². The molecule has 0 heterocycles. The van der Waals surface area contributed by atoms with Gasteiger partial charge in [-0.3, -0.25) is 0 Å². The number of hydrogen-bond acceptors (Lipinski definition) is 0. The van der Waals surface area contributed by atoms with Crippen molar-refractivity contribution in [3.05, 3.63) is 69.8 Å². The molecule has 0 aliphatic heterocycles. The fourth-order valence-electron chi connectivity index (χ4n) is 3.74. The van der Waals surface area contributed by atoms with Crippen molar-refractivity contribution in [1.82, 2.24) is 0 Å². The van der Waals surface area contributed by atoms with E-state index >= 15 is 0 Å². The molecule has 1 aliphatic carbocycles.